The minimum atomic E-state index is 0.684. The predicted octanol–water partition coefficient (Wildman–Crippen LogP) is 3.78. The Morgan fingerprint density at radius 2 is 2.08 bits per heavy atom. The summed E-state index contributed by atoms with van der Waals surface area (Å²) < 4.78 is 2.07. The van der Waals surface area contributed by atoms with Gasteiger partial charge in [-0.15, -0.1) is 0 Å². The van der Waals surface area contributed by atoms with Gasteiger partial charge in [0, 0.05) is 35.4 Å². The molecule has 1 fully saturated rings. The number of nitrogens with one attached hydrogen (secondary N) is 1. The zero-order valence-electron chi connectivity index (χ0n) is 15.6. The molecule has 25 heavy (non-hydrogen) atoms. The standard InChI is InChI=1S/C20H29ClN4/c1-4-24-11-7-9-18(24)12-22-13-19-15(2)23-25(16(19)3)14-17-8-5-6-10-20(17)21/h5-6,8,10,18,22H,4,7,9,11-14H2,1-3H3. The van der Waals surface area contributed by atoms with E-state index in [1.807, 2.05) is 18.2 Å². The van der Waals surface area contributed by atoms with E-state index in [1.165, 1.54) is 30.6 Å². The maximum atomic E-state index is 6.30. The molecule has 1 aromatic carbocycles. The minimum Gasteiger partial charge on any atom is -0.311 e. The molecule has 0 aliphatic carbocycles. The Kier molecular flexibility index (Phi) is 6.15. The first-order chi connectivity index (χ1) is 12.1. The fraction of sp³-hybridized carbons (Fsp3) is 0.550. The fourth-order valence-corrected chi connectivity index (χ4v) is 4.03. The molecule has 1 saturated heterocycles. The molecule has 0 radical (unpaired) electrons. The number of rotatable bonds is 7. The highest BCUT2D eigenvalue weighted by Crippen LogP contribution is 2.20. The molecule has 136 valence electrons. The molecule has 5 heteroatoms. The highest BCUT2D eigenvalue weighted by atomic mass is 35.5. The summed E-state index contributed by atoms with van der Waals surface area (Å²) in [7, 11) is 0. The number of benzene rings is 1. The number of aromatic nitrogens is 2. The van der Waals surface area contributed by atoms with Crippen LogP contribution in [-0.4, -0.2) is 40.4 Å². The Morgan fingerprint density at radius 3 is 2.84 bits per heavy atom. The zero-order chi connectivity index (χ0) is 17.8. The van der Waals surface area contributed by atoms with Crippen molar-refractivity contribution in [2.45, 2.75) is 52.7 Å². The van der Waals surface area contributed by atoms with Gasteiger partial charge in [0.05, 0.1) is 12.2 Å². The topological polar surface area (TPSA) is 33.1 Å². The van der Waals surface area contributed by atoms with Gasteiger partial charge >= 0.3 is 0 Å². The first-order valence-electron chi connectivity index (χ1n) is 9.31. The summed E-state index contributed by atoms with van der Waals surface area (Å²) in [5.41, 5.74) is 4.76. The summed E-state index contributed by atoms with van der Waals surface area (Å²) in [6, 6.07) is 8.67. The second-order valence-electron chi connectivity index (χ2n) is 6.95. The average molecular weight is 361 g/mol. The van der Waals surface area contributed by atoms with Gasteiger partial charge in [0.15, 0.2) is 0 Å². The zero-order valence-corrected chi connectivity index (χ0v) is 16.3. The number of aryl methyl sites for hydroxylation is 1. The van der Waals surface area contributed by atoms with E-state index < -0.39 is 0 Å². The van der Waals surface area contributed by atoms with Crippen molar-refractivity contribution in [3.05, 3.63) is 51.8 Å². The Labute approximate surface area is 156 Å². The highest BCUT2D eigenvalue weighted by molar-refractivity contribution is 6.31. The molecule has 3 rings (SSSR count). The van der Waals surface area contributed by atoms with Gasteiger partial charge in [-0.05, 0) is 51.4 Å². The van der Waals surface area contributed by atoms with Crippen LogP contribution in [0.4, 0.5) is 0 Å². The Bertz CT molecular complexity index is 710. The van der Waals surface area contributed by atoms with Gasteiger partial charge in [-0.25, -0.2) is 0 Å². The van der Waals surface area contributed by atoms with Gasteiger partial charge in [0.25, 0.3) is 0 Å². The molecule has 4 nitrogen and oxygen atoms in total. The van der Waals surface area contributed by atoms with Gasteiger partial charge < -0.3 is 5.32 Å². The Morgan fingerprint density at radius 1 is 1.28 bits per heavy atom. The van der Waals surface area contributed by atoms with E-state index >= 15 is 0 Å². The SMILES string of the molecule is CCN1CCCC1CNCc1c(C)nn(Cc2ccccc2Cl)c1C. The lowest BCUT2D eigenvalue weighted by Gasteiger charge is -2.23. The summed E-state index contributed by atoms with van der Waals surface area (Å²) in [4.78, 5) is 2.58. The molecular formula is C20H29ClN4. The molecule has 2 aromatic rings. The van der Waals surface area contributed by atoms with Gasteiger partial charge in [-0.2, -0.15) is 5.10 Å². The molecular weight excluding hydrogens is 332 g/mol. The number of halogens is 1. The van der Waals surface area contributed by atoms with Gasteiger partial charge in [0.1, 0.15) is 0 Å². The number of likely N-dealkylation sites (N-methyl/N-ethyl adjacent to an activating group) is 1. The van der Waals surface area contributed by atoms with E-state index in [0.29, 0.717) is 6.04 Å². The van der Waals surface area contributed by atoms with Crippen LogP contribution >= 0.6 is 11.6 Å². The Balaban J connectivity index is 1.63. The fourth-order valence-electron chi connectivity index (χ4n) is 3.84. The van der Waals surface area contributed by atoms with Crippen molar-refractivity contribution < 1.29 is 0 Å². The molecule has 1 aliphatic rings. The summed E-state index contributed by atoms with van der Waals surface area (Å²) >= 11 is 6.30. The molecule has 2 heterocycles. The third kappa shape index (κ3) is 4.25. The maximum Gasteiger partial charge on any atom is 0.0677 e. The van der Waals surface area contributed by atoms with Crippen LogP contribution in [0.2, 0.25) is 5.02 Å². The first kappa shape index (κ1) is 18.4. The molecule has 1 aliphatic heterocycles. The van der Waals surface area contributed by atoms with Crippen LogP contribution in [0.15, 0.2) is 24.3 Å². The van der Waals surface area contributed by atoms with Crippen molar-refractivity contribution in [3.63, 3.8) is 0 Å². The minimum absolute atomic E-state index is 0.684. The van der Waals surface area contributed by atoms with Crippen molar-refractivity contribution in [1.82, 2.24) is 20.0 Å². The summed E-state index contributed by atoms with van der Waals surface area (Å²) in [6.45, 7) is 11.6. The van der Waals surface area contributed by atoms with Crippen LogP contribution in [0.1, 0.15) is 42.3 Å². The largest absolute Gasteiger partial charge is 0.311 e. The van der Waals surface area contributed by atoms with Crippen molar-refractivity contribution in [1.29, 1.82) is 0 Å². The molecule has 1 N–H and O–H groups in total. The average Bonchev–Trinajstić information content (AvgIpc) is 3.16. The molecule has 1 unspecified atom stereocenters. The Hall–Kier alpha value is -1.36. The van der Waals surface area contributed by atoms with E-state index in [4.69, 9.17) is 16.7 Å². The van der Waals surface area contributed by atoms with Crippen molar-refractivity contribution >= 4 is 11.6 Å². The molecule has 0 spiro atoms. The van der Waals surface area contributed by atoms with E-state index in [2.05, 4.69) is 41.7 Å². The third-order valence-electron chi connectivity index (χ3n) is 5.40. The van der Waals surface area contributed by atoms with Crippen LogP contribution in [0.25, 0.3) is 0 Å². The lowest BCUT2D eigenvalue weighted by molar-refractivity contribution is 0.260. The lowest BCUT2D eigenvalue weighted by Crippen LogP contribution is -2.37. The molecule has 0 saturated carbocycles. The van der Waals surface area contributed by atoms with E-state index in [-0.39, 0.29) is 0 Å². The second kappa shape index (κ2) is 8.35. The molecule has 1 atom stereocenters. The van der Waals surface area contributed by atoms with Crippen LogP contribution < -0.4 is 5.32 Å². The van der Waals surface area contributed by atoms with Crippen LogP contribution in [0.5, 0.6) is 0 Å². The van der Waals surface area contributed by atoms with Crippen molar-refractivity contribution in [3.8, 4) is 0 Å². The molecule has 0 amide bonds. The van der Waals surface area contributed by atoms with Gasteiger partial charge in [0.2, 0.25) is 0 Å². The van der Waals surface area contributed by atoms with E-state index in [0.717, 1.165) is 42.5 Å². The van der Waals surface area contributed by atoms with Crippen LogP contribution in [-0.2, 0) is 13.1 Å². The highest BCUT2D eigenvalue weighted by Gasteiger charge is 2.22. The first-order valence-corrected chi connectivity index (χ1v) is 9.69. The third-order valence-corrected chi connectivity index (χ3v) is 5.77. The van der Waals surface area contributed by atoms with Crippen molar-refractivity contribution in [2.75, 3.05) is 19.6 Å². The monoisotopic (exact) mass is 360 g/mol. The lowest BCUT2D eigenvalue weighted by atomic mass is 10.1. The van der Waals surface area contributed by atoms with E-state index in [9.17, 15) is 0 Å². The summed E-state index contributed by atoms with van der Waals surface area (Å²) in [5.74, 6) is 0. The summed E-state index contributed by atoms with van der Waals surface area (Å²) in [6.07, 6.45) is 2.64. The number of nitrogens with zero attached hydrogens (tertiary/aromatic N) is 3. The molecule has 1 aromatic heterocycles. The number of hydrogen-bond donors (Lipinski definition) is 1. The number of hydrogen-bond acceptors (Lipinski definition) is 3. The molecule has 0 bridgehead atoms. The maximum absolute atomic E-state index is 6.30. The predicted molar refractivity (Wildman–Crippen MR) is 104 cm³/mol. The second-order valence-corrected chi connectivity index (χ2v) is 7.36. The quantitative estimate of drug-likeness (QED) is 0.815. The van der Waals surface area contributed by atoms with Crippen molar-refractivity contribution in [2.24, 2.45) is 0 Å². The smallest absolute Gasteiger partial charge is 0.0677 e. The van der Waals surface area contributed by atoms with Gasteiger partial charge in [-0.3, -0.25) is 9.58 Å². The van der Waals surface area contributed by atoms with Gasteiger partial charge in [-0.1, -0.05) is 36.7 Å². The van der Waals surface area contributed by atoms with Crippen LogP contribution in [0, 0.1) is 13.8 Å². The normalized spacial score (nSPS) is 18.2. The number of likely N-dealkylation sites (tertiary alicyclic amines) is 1. The van der Waals surface area contributed by atoms with E-state index in [1.54, 1.807) is 0 Å². The van der Waals surface area contributed by atoms with Crippen LogP contribution in [0.3, 0.4) is 0 Å². The summed E-state index contributed by atoms with van der Waals surface area (Å²) in [5, 5.41) is 9.19.